The fourth-order valence-corrected chi connectivity index (χ4v) is 4.70. The topological polar surface area (TPSA) is 95.5 Å². The smallest absolute Gasteiger partial charge is 0.319 e. The predicted octanol–water partition coefficient (Wildman–Crippen LogP) is 2.30. The SMILES string of the molecule is C[C@H](CCO)NC(=O)Nc1cccc(S(=O)(=O)C2CCCC2)c1. The molecule has 0 saturated heterocycles. The number of nitrogens with one attached hydrogen (secondary N) is 2. The monoisotopic (exact) mass is 340 g/mol. The maximum atomic E-state index is 12.6. The molecule has 23 heavy (non-hydrogen) atoms. The van der Waals surface area contributed by atoms with E-state index in [-0.39, 0.29) is 22.8 Å². The van der Waals surface area contributed by atoms with Crippen LogP contribution in [0.4, 0.5) is 10.5 Å². The lowest BCUT2D eigenvalue weighted by Crippen LogP contribution is -2.36. The van der Waals surface area contributed by atoms with Crippen LogP contribution in [0.3, 0.4) is 0 Å². The number of hydrogen-bond donors (Lipinski definition) is 3. The molecule has 6 nitrogen and oxygen atoms in total. The molecule has 3 N–H and O–H groups in total. The van der Waals surface area contributed by atoms with Crippen LogP contribution in [0, 0.1) is 0 Å². The molecule has 0 aromatic heterocycles. The van der Waals surface area contributed by atoms with Crippen molar-refractivity contribution in [2.24, 2.45) is 0 Å². The second-order valence-corrected chi connectivity index (χ2v) is 8.22. The van der Waals surface area contributed by atoms with Crippen LogP contribution < -0.4 is 10.6 Å². The molecule has 1 aromatic carbocycles. The van der Waals surface area contributed by atoms with E-state index in [4.69, 9.17) is 5.11 Å². The van der Waals surface area contributed by atoms with Crippen LogP contribution in [-0.4, -0.2) is 37.5 Å². The van der Waals surface area contributed by atoms with E-state index in [2.05, 4.69) is 10.6 Å². The molecule has 7 heteroatoms. The predicted molar refractivity (Wildman–Crippen MR) is 89.2 cm³/mol. The molecule has 1 aromatic rings. The molecule has 1 atom stereocenters. The number of anilines is 1. The highest BCUT2D eigenvalue weighted by Crippen LogP contribution is 2.30. The quantitative estimate of drug-likeness (QED) is 0.740. The molecule has 2 rings (SSSR count). The fourth-order valence-electron chi connectivity index (χ4n) is 2.80. The van der Waals surface area contributed by atoms with Crippen molar-refractivity contribution < 1.29 is 18.3 Å². The molecule has 0 unspecified atom stereocenters. The third-order valence-electron chi connectivity index (χ3n) is 4.10. The molecule has 1 fully saturated rings. The summed E-state index contributed by atoms with van der Waals surface area (Å²) in [5.41, 5.74) is 0.442. The first-order valence-electron chi connectivity index (χ1n) is 7.96. The Hall–Kier alpha value is -1.60. The summed E-state index contributed by atoms with van der Waals surface area (Å²) >= 11 is 0. The number of rotatable bonds is 6. The second-order valence-electron chi connectivity index (χ2n) is 5.99. The summed E-state index contributed by atoms with van der Waals surface area (Å²) in [6.07, 6.45) is 3.78. The number of sulfone groups is 1. The molecule has 0 radical (unpaired) electrons. The third-order valence-corrected chi connectivity index (χ3v) is 6.36. The Morgan fingerprint density at radius 2 is 2.04 bits per heavy atom. The highest BCUT2D eigenvalue weighted by molar-refractivity contribution is 7.92. The van der Waals surface area contributed by atoms with Crippen LogP contribution in [-0.2, 0) is 9.84 Å². The van der Waals surface area contributed by atoms with E-state index in [1.807, 2.05) is 0 Å². The number of aliphatic hydroxyl groups is 1. The zero-order chi connectivity index (χ0) is 16.9. The van der Waals surface area contributed by atoms with Gasteiger partial charge in [-0.1, -0.05) is 18.9 Å². The van der Waals surface area contributed by atoms with Gasteiger partial charge < -0.3 is 15.7 Å². The Balaban J connectivity index is 2.06. The Morgan fingerprint density at radius 1 is 1.35 bits per heavy atom. The lowest BCUT2D eigenvalue weighted by molar-refractivity contribution is 0.241. The second kappa shape index (κ2) is 7.79. The molecular formula is C16H24N2O4S. The minimum atomic E-state index is -3.33. The minimum absolute atomic E-state index is 0.00341. The number of carbonyl (C=O) groups excluding carboxylic acids is 1. The molecule has 2 amide bonds. The Bertz CT molecular complexity index is 639. The Morgan fingerprint density at radius 3 is 2.70 bits per heavy atom. The van der Waals surface area contributed by atoms with Gasteiger partial charge in [0.2, 0.25) is 0 Å². The fraction of sp³-hybridized carbons (Fsp3) is 0.562. The van der Waals surface area contributed by atoms with Crippen LogP contribution in [0.15, 0.2) is 29.2 Å². The Kier molecular flexibility index (Phi) is 6.01. The van der Waals surface area contributed by atoms with Gasteiger partial charge >= 0.3 is 6.03 Å². The van der Waals surface area contributed by atoms with Crippen molar-refractivity contribution in [2.75, 3.05) is 11.9 Å². The van der Waals surface area contributed by atoms with E-state index >= 15 is 0 Å². The highest BCUT2D eigenvalue weighted by atomic mass is 32.2. The van der Waals surface area contributed by atoms with Crippen LogP contribution in [0.1, 0.15) is 39.0 Å². The largest absolute Gasteiger partial charge is 0.396 e. The van der Waals surface area contributed by atoms with Crippen LogP contribution >= 0.6 is 0 Å². The first kappa shape index (κ1) is 17.7. The first-order valence-corrected chi connectivity index (χ1v) is 9.50. The van der Waals surface area contributed by atoms with Gasteiger partial charge in [0.05, 0.1) is 10.1 Å². The number of aliphatic hydroxyl groups excluding tert-OH is 1. The van der Waals surface area contributed by atoms with Gasteiger partial charge in [-0.15, -0.1) is 0 Å². The number of amides is 2. The summed E-state index contributed by atoms with van der Waals surface area (Å²) < 4.78 is 25.2. The van der Waals surface area contributed by atoms with Gasteiger partial charge in [-0.25, -0.2) is 13.2 Å². The molecule has 0 bridgehead atoms. The summed E-state index contributed by atoms with van der Waals surface area (Å²) in [5.74, 6) is 0. The van der Waals surface area contributed by atoms with Crippen LogP contribution in [0.25, 0.3) is 0 Å². The lowest BCUT2D eigenvalue weighted by atomic mass is 10.2. The van der Waals surface area contributed by atoms with E-state index < -0.39 is 15.9 Å². The summed E-state index contributed by atoms with van der Waals surface area (Å²) in [4.78, 5) is 12.1. The third kappa shape index (κ3) is 4.68. The molecule has 0 spiro atoms. The minimum Gasteiger partial charge on any atom is -0.396 e. The van der Waals surface area contributed by atoms with E-state index in [0.29, 0.717) is 24.9 Å². The summed E-state index contributed by atoms with van der Waals surface area (Å²) in [7, 11) is -3.33. The number of hydrogen-bond acceptors (Lipinski definition) is 4. The molecule has 1 aliphatic rings. The van der Waals surface area contributed by atoms with Crippen molar-refractivity contribution in [1.29, 1.82) is 0 Å². The van der Waals surface area contributed by atoms with Crippen molar-refractivity contribution in [3.63, 3.8) is 0 Å². The Labute approximate surface area is 137 Å². The molecule has 128 valence electrons. The molecule has 0 heterocycles. The van der Waals surface area contributed by atoms with E-state index in [0.717, 1.165) is 12.8 Å². The van der Waals surface area contributed by atoms with E-state index in [9.17, 15) is 13.2 Å². The van der Waals surface area contributed by atoms with Crippen LogP contribution in [0.2, 0.25) is 0 Å². The van der Waals surface area contributed by atoms with Gasteiger partial charge in [-0.05, 0) is 44.4 Å². The van der Waals surface area contributed by atoms with Crippen LogP contribution in [0.5, 0.6) is 0 Å². The summed E-state index contributed by atoms with van der Waals surface area (Å²) in [6.45, 7) is 1.79. The van der Waals surface area contributed by atoms with Crippen molar-refractivity contribution in [3.05, 3.63) is 24.3 Å². The van der Waals surface area contributed by atoms with Crippen molar-refractivity contribution in [3.8, 4) is 0 Å². The first-order chi connectivity index (χ1) is 10.9. The van der Waals surface area contributed by atoms with Crippen molar-refractivity contribution >= 4 is 21.6 Å². The zero-order valence-electron chi connectivity index (χ0n) is 13.3. The van der Waals surface area contributed by atoms with Gasteiger partial charge in [0, 0.05) is 18.3 Å². The van der Waals surface area contributed by atoms with Crippen molar-refractivity contribution in [1.82, 2.24) is 5.32 Å². The van der Waals surface area contributed by atoms with E-state index in [1.54, 1.807) is 25.1 Å². The van der Waals surface area contributed by atoms with E-state index in [1.165, 1.54) is 6.07 Å². The van der Waals surface area contributed by atoms with Gasteiger partial charge in [0.25, 0.3) is 0 Å². The average Bonchev–Trinajstić information content (AvgIpc) is 3.02. The van der Waals surface area contributed by atoms with Gasteiger partial charge in [-0.3, -0.25) is 0 Å². The molecular weight excluding hydrogens is 316 g/mol. The standard InChI is InChI=1S/C16H24N2O4S/c1-12(9-10-19)17-16(20)18-13-5-4-8-15(11-13)23(21,22)14-6-2-3-7-14/h4-5,8,11-12,14,19H,2-3,6-7,9-10H2,1H3,(H2,17,18,20)/t12-/m1/s1. The maximum Gasteiger partial charge on any atom is 0.319 e. The zero-order valence-corrected chi connectivity index (χ0v) is 14.1. The number of carbonyl (C=O) groups is 1. The molecule has 1 aliphatic carbocycles. The van der Waals surface area contributed by atoms with Crippen molar-refractivity contribution in [2.45, 2.75) is 55.2 Å². The lowest BCUT2D eigenvalue weighted by Gasteiger charge is -2.15. The normalized spacial score (nSPS) is 17.0. The highest BCUT2D eigenvalue weighted by Gasteiger charge is 2.30. The van der Waals surface area contributed by atoms with Gasteiger partial charge in [-0.2, -0.15) is 0 Å². The number of benzene rings is 1. The average molecular weight is 340 g/mol. The molecule has 0 aliphatic heterocycles. The summed E-state index contributed by atoms with van der Waals surface area (Å²) in [6, 6.07) is 5.79. The number of urea groups is 1. The maximum absolute atomic E-state index is 12.6. The molecule has 1 saturated carbocycles. The van der Waals surface area contributed by atoms with Gasteiger partial charge in [0.1, 0.15) is 0 Å². The van der Waals surface area contributed by atoms with Gasteiger partial charge in [0.15, 0.2) is 9.84 Å². The summed E-state index contributed by atoms with van der Waals surface area (Å²) in [5, 5.41) is 13.8.